The van der Waals surface area contributed by atoms with Crippen molar-refractivity contribution < 1.29 is 18.7 Å². The minimum absolute atomic E-state index is 0.0859. The Kier molecular flexibility index (Phi) is 6.69. The molecule has 0 bridgehead atoms. The summed E-state index contributed by atoms with van der Waals surface area (Å²) in [6.07, 6.45) is 3.21. The van der Waals surface area contributed by atoms with Crippen LogP contribution in [0.2, 0.25) is 0 Å². The number of aromatic amines is 1. The summed E-state index contributed by atoms with van der Waals surface area (Å²) in [6.45, 7) is 2.40. The van der Waals surface area contributed by atoms with Crippen molar-refractivity contribution >= 4 is 33.9 Å². The van der Waals surface area contributed by atoms with E-state index in [0.717, 1.165) is 11.4 Å². The fourth-order valence-corrected chi connectivity index (χ4v) is 3.50. The summed E-state index contributed by atoms with van der Waals surface area (Å²) in [5, 5.41) is 10.8. The molecule has 2 aromatic carbocycles. The van der Waals surface area contributed by atoms with Gasteiger partial charge in [-0.2, -0.15) is 0 Å². The molecular formula is C22H21FN6O3S. The van der Waals surface area contributed by atoms with Crippen LogP contribution in [0.4, 0.5) is 25.7 Å². The van der Waals surface area contributed by atoms with Crippen molar-refractivity contribution in [1.29, 1.82) is 0 Å². The van der Waals surface area contributed by atoms with Crippen molar-refractivity contribution in [3.8, 4) is 17.2 Å². The highest BCUT2D eigenvalue weighted by molar-refractivity contribution is 7.13. The minimum Gasteiger partial charge on any atom is -0.493 e. The summed E-state index contributed by atoms with van der Waals surface area (Å²) in [7, 11) is 1.42. The number of nitrogens with one attached hydrogen (secondary N) is 4. The minimum atomic E-state index is -0.593. The SMILES string of the molecule is COc1cccc(F)c1Oc1ccc(NCc2[nH]cnc2C)cc1NC(=O)Nc1nccs1. The molecule has 0 aliphatic heterocycles. The van der Waals surface area contributed by atoms with Gasteiger partial charge in [-0.05, 0) is 37.3 Å². The molecule has 2 amide bonds. The lowest BCUT2D eigenvalue weighted by Gasteiger charge is -2.16. The highest BCUT2D eigenvalue weighted by Crippen LogP contribution is 2.38. The Labute approximate surface area is 193 Å². The molecular weight excluding hydrogens is 447 g/mol. The Hall–Kier alpha value is -4.12. The molecule has 2 heterocycles. The number of anilines is 3. The van der Waals surface area contributed by atoms with Gasteiger partial charge in [0, 0.05) is 17.3 Å². The number of hydrogen-bond donors (Lipinski definition) is 4. The first kappa shape index (κ1) is 22.1. The number of para-hydroxylation sites is 1. The molecule has 0 unspecified atom stereocenters. The second kappa shape index (κ2) is 10.0. The Morgan fingerprint density at radius 3 is 2.79 bits per heavy atom. The molecule has 33 heavy (non-hydrogen) atoms. The number of imidazole rings is 1. The first-order valence-corrected chi connectivity index (χ1v) is 10.8. The molecule has 4 aromatic rings. The number of methoxy groups -OCH3 is 1. The Bertz CT molecular complexity index is 1240. The van der Waals surface area contributed by atoms with Crippen LogP contribution in [0, 0.1) is 12.7 Å². The number of urea groups is 1. The van der Waals surface area contributed by atoms with E-state index in [-0.39, 0.29) is 17.2 Å². The highest BCUT2D eigenvalue weighted by atomic mass is 32.1. The highest BCUT2D eigenvalue weighted by Gasteiger charge is 2.16. The number of carbonyl (C=O) groups excluding carboxylic acids is 1. The zero-order valence-electron chi connectivity index (χ0n) is 17.8. The zero-order chi connectivity index (χ0) is 23.2. The van der Waals surface area contributed by atoms with Crippen molar-refractivity contribution in [3.63, 3.8) is 0 Å². The largest absolute Gasteiger partial charge is 0.493 e. The van der Waals surface area contributed by atoms with E-state index >= 15 is 0 Å². The third kappa shape index (κ3) is 5.39. The molecule has 0 atom stereocenters. The van der Waals surface area contributed by atoms with E-state index in [4.69, 9.17) is 9.47 Å². The van der Waals surface area contributed by atoms with E-state index in [2.05, 4.69) is 30.9 Å². The van der Waals surface area contributed by atoms with Gasteiger partial charge in [-0.15, -0.1) is 11.3 Å². The van der Waals surface area contributed by atoms with Crippen LogP contribution in [0.5, 0.6) is 17.2 Å². The summed E-state index contributed by atoms with van der Waals surface area (Å²) < 4.78 is 25.5. The van der Waals surface area contributed by atoms with Crippen molar-refractivity contribution in [2.45, 2.75) is 13.5 Å². The number of aromatic nitrogens is 3. The smallest absolute Gasteiger partial charge is 0.325 e. The standard InChI is InChI=1S/C22H21FN6O3S/c1-13-17(27-12-26-13)11-25-14-6-7-18(32-20-15(23)4-3-5-19(20)31-2)16(10-14)28-21(30)29-22-24-8-9-33-22/h3-10,12,25H,11H2,1-2H3,(H,26,27)(H2,24,28,29,30). The van der Waals surface area contributed by atoms with E-state index in [9.17, 15) is 9.18 Å². The lowest BCUT2D eigenvalue weighted by Crippen LogP contribution is -2.19. The molecule has 9 nitrogen and oxygen atoms in total. The third-order valence-corrected chi connectivity index (χ3v) is 5.33. The van der Waals surface area contributed by atoms with Gasteiger partial charge in [-0.1, -0.05) is 6.07 Å². The van der Waals surface area contributed by atoms with Crippen molar-refractivity contribution in [2.75, 3.05) is 23.1 Å². The predicted molar refractivity (Wildman–Crippen MR) is 125 cm³/mol. The average molecular weight is 469 g/mol. The molecule has 2 aromatic heterocycles. The maximum atomic E-state index is 14.4. The molecule has 0 radical (unpaired) electrons. The predicted octanol–water partition coefficient (Wildman–Crippen LogP) is 5.37. The van der Waals surface area contributed by atoms with Gasteiger partial charge >= 0.3 is 6.03 Å². The number of nitrogens with zero attached hydrogens (tertiary/aromatic N) is 2. The Balaban J connectivity index is 1.60. The number of benzene rings is 2. The molecule has 0 saturated carbocycles. The maximum absolute atomic E-state index is 14.4. The Morgan fingerprint density at radius 2 is 2.06 bits per heavy atom. The summed E-state index contributed by atoms with van der Waals surface area (Å²) in [4.78, 5) is 23.8. The van der Waals surface area contributed by atoms with Crippen LogP contribution in [0.25, 0.3) is 0 Å². The number of amides is 2. The molecule has 0 aliphatic rings. The number of carbonyl (C=O) groups is 1. The summed E-state index contributed by atoms with van der Waals surface area (Å²) in [5.41, 5.74) is 2.85. The van der Waals surface area contributed by atoms with E-state index in [0.29, 0.717) is 23.1 Å². The van der Waals surface area contributed by atoms with Crippen LogP contribution in [0.15, 0.2) is 54.3 Å². The van der Waals surface area contributed by atoms with E-state index in [1.54, 1.807) is 42.2 Å². The number of rotatable bonds is 8. The summed E-state index contributed by atoms with van der Waals surface area (Å²) >= 11 is 1.28. The molecule has 11 heteroatoms. The summed E-state index contributed by atoms with van der Waals surface area (Å²) in [6, 6.07) is 8.94. The van der Waals surface area contributed by atoms with Gasteiger partial charge in [0.05, 0.1) is 37.1 Å². The number of hydrogen-bond acceptors (Lipinski definition) is 7. The van der Waals surface area contributed by atoms with Gasteiger partial charge in [0.1, 0.15) is 0 Å². The zero-order valence-corrected chi connectivity index (χ0v) is 18.6. The first-order valence-electron chi connectivity index (χ1n) is 9.88. The second-order valence-electron chi connectivity index (χ2n) is 6.82. The van der Waals surface area contributed by atoms with Crippen molar-refractivity contribution in [1.82, 2.24) is 15.0 Å². The van der Waals surface area contributed by atoms with E-state index < -0.39 is 11.8 Å². The van der Waals surface area contributed by atoms with Gasteiger partial charge in [0.15, 0.2) is 22.4 Å². The number of halogens is 1. The van der Waals surface area contributed by atoms with Crippen LogP contribution in [-0.4, -0.2) is 28.1 Å². The Morgan fingerprint density at radius 1 is 1.18 bits per heavy atom. The molecule has 170 valence electrons. The van der Waals surface area contributed by atoms with Gasteiger partial charge in [-0.3, -0.25) is 5.32 Å². The fraction of sp³-hybridized carbons (Fsp3) is 0.136. The van der Waals surface area contributed by atoms with Gasteiger partial charge in [0.2, 0.25) is 5.75 Å². The maximum Gasteiger partial charge on any atom is 0.325 e. The normalized spacial score (nSPS) is 10.5. The van der Waals surface area contributed by atoms with Crippen LogP contribution in [-0.2, 0) is 6.54 Å². The van der Waals surface area contributed by atoms with Gasteiger partial charge in [0.25, 0.3) is 0 Å². The van der Waals surface area contributed by atoms with Crippen LogP contribution in [0.3, 0.4) is 0 Å². The second-order valence-corrected chi connectivity index (χ2v) is 7.72. The average Bonchev–Trinajstić information content (AvgIpc) is 3.46. The molecule has 0 spiro atoms. The molecule has 4 N–H and O–H groups in total. The monoisotopic (exact) mass is 468 g/mol. The molecule has 4 rings (SSSR count). The lowest BCUT2D eigenvalue weighted by atomic mass is 10.2. The van der Waals surface area contributed by atoms with Crippen LogP contribution < -0.4 is 25.4 Å². The van der Waals surface area contributed by atoms with Crippen LogP contribution >= 0.6 is 11.3 Å². The van der Waals surface area contributed by atoms with Crippen LogP contribution in [0.1, 0.15) is 11.4 Å². The number of H-pyrrole nitrogens is 1. The fourth-order valence-electron chi connectivity index (χ4n) is 2.98. The number of ether oxygens (including phenoxy) is 2. The molecule has 0 aliphatic carbocycles. The van der Waals surface area contributed by atoms with Crippen molar-refractivity contribution in [3.05, 3.63) is 71.5 Å². The lowest BCUT2D eigenvalue weighted by molar-refractivity contribution is 0.262. The third-order valence-electron chi connectivity index (χ3n) is 4.65. The topological polar surface area (TPSA) is 113 Å². The van der Waals surface area contributed by atoms with E-state index in [1.807, 2.05) is 6.92 Å². The number of aryl methyl sites for hydroxylation is 1. The summed E-state index contributed by atoms with van der Waals surface area (Å²) in [5.74, 6) is -0.220. The molecule has 0 saturated heterocycles. The van der Waals surface area contributed by atoms with Gasteiger partial charge in [-0.25, -0.2) is 19.2 Å². The number of thiazole rings is 1. The van der Waals surface area contributed by atoms with Gasteiger partial charge < -0.3 is 25.1 Å². The van der Waals surface area contributed by atoms with E-state index in [1.165, 1.54) is 30.6 Å². The molecule has 0 fully saturated rings. The quantitative estimate of drug-likeness (QED) is 0.276. The first-order chi connectivity index (χ1) is 16.0. The van der Waals surface area contributed by atoms with Crippen molar-refractivity contribution in [2.24, 2.45) is 0 Å².